The van der Waals surface area contributed by atoms with Gasteiger partial charge in [-0.15, -0.1) is 0 Å². The van der Waals surface area contributed by atoms with Crippen molar-refractivity contribution in [3.8, 4) is 0 Å². The predicted molar refractivity (Wildman–Crippen MR) is 111 cm³/mol. The number of carbonyl (C=O) groups is 2. The second kappa shape index (κ2) is 8.38. The van der Waals surface area contributed by atoms with Gasteiger partial charge in [0.05, 0.1) is 29.4 Å². The van der Waals surface area contributed by atoms with E-state index in [-0.39, 0.29) is 16.2 Å². The number of esters is 1. The second-order valence-electron chi connectivity index (χ2n) is 6.54. The summed E-state index contributed by atoms with van der Waals surface area (Å²) < 4.78 is 31.4. The van der Waals surface area contributed by atoms with Crippen molar-refractivity contribution in [2.75, 3.05) is 12.9 Å². The Morgan fingerprint density at radius 3 is 2.31 bits per heavy atom. The number of rotatable bonds is 5. The second-order valence-corrected chi connectivity index (χ2v) is 9.44. The van der Waals surface area contributed by atoms with E-state index in [4.69, 9.17) is 4.74 Å². The van der Waals surface area contributed by atoms with Crippen LogP contribution < -0.4 is 10.6 Å². The van der Waals surface area contributed by atoms with Crippen LogP contribution in [0, 0.1) is 6.92 Å². The van der Waals surface area contributed by atoms with Crippen molar-refractivity contribution in [1.29, 1.82) is 0 Å². The van der Waals surface area contributed by atoms with Gasteiger partial charge in [-0.3, -0.25) is 0 Å². The maximum Gasteiger partial charge on any atom is 0.338 e. The van der Waals surface area contributed by atoms with Crippen LogP contribution in [0.4, 0.5) is 4.79 Å². The standard InChI is InChI=1S/C20H19BrN2O5S/c1-12-3-5-13(6-4-12)18-17(19(24)28-2)16(22-20(25)23-18)11-29(26,27)15-9-7-14(21)8-10-15/h3-10,18H,11H2,1-2H3,(H2,22,23,25). The zero-order chi connectivity index (χ0) is 21.2. The Morgan fingerprint density at radius 1 is 1.10 bits per heavy atom. The number of nitrogens with one attached hydrogen (secondary N) is 2. The van der Waals surface area contributed by atoms with Gasteiger partial charge < -0.3 is 15.4 Å². The highest BCUT2D eigenvalue weighted by molar-refractivity contribution is 9.10. The Labute approximate surface area is 177 Å². The molecule has 0 aliphatic carbocycles. The number of methoxy groups -OCH3 is 1. The number of benzene rings is 2. The molecule has 0 spiro atoms. The van der Waals surface area contributed by atoms with Crippen molar-refractivity contribution < 1.29 is 22.7 Å². The summed E-state index contributed by atoms with van der Waals surface area (Å²) in [6.07, 6.45) is 0. The molecule has 1 aliphatic heterocycles. The lowest BCUT2D eigenvalue weighted by Gasteiger charge is -2.29. The molecule has 2 aromatic carbocycles. The molecular formula is C20H19BrN2O5S. The monoisotopic (exact) mass is 478 g/mol. The first-order chi connectivity index (χ1) is 13.7. The van der Waals surface area contributed by atoms with Gasteiger partial charge >= 0.3 is 12.0 Å². The Balaban J connectivity index is 2.08. The minimum absolute atomic E-state index is 0.00547. The van der Waals surface area contributed by atoms with Gasteiger partial charge in [-0.2, -0.15) is 0 Å². The van der Waals surface area contributed by atoms with Crippen LogP contribution in [0.1, 0.15) is 17.2 Å². The Morgan fingerprint density at radius 2 is 1.72 bits per heavy atom. The fourth-order valence-corrected chi connectivity index (χ4v) is 4.60. The van der Waals surface area contributed by atoms with E-state index in [2.05, 4.69) is 26.6 Å². The van der Waals surface area contributed by atoms with Crippen LogP contribution in [0.3, 0.4) is 0 Å². The number of hydrogen-bond acceptors (Lipinski definition) is 5. The van der Waals surface area contributed by atoms with Gasteiger partial charge in [-0.25, -0.2) is 18.0 Å². The number of halogens is 1. The maximum atomic E-state index is 12.9. The van der Waals surface area contributed by atoms with Gasteiger partial charge in [-0.1, -0.05) is 45.8 Å². The van der Waals surface area contributed by atoms with Crippen LogP contribution in [0.25, 0.3) is 0 Å². The molecule has 0 bridgehead atoms. The molecule has 1 unspecified atom stereocenters. The van der Waals surface area contributed by atoms with Crippen LogP contribution in [-0.2, 0) is 19.4 Å². The quantitative estimate of drug-likeness (QED) is 0.643. The summed E-state index contributed by atoms with van der Waals surface area (Å²) in [5.74, 6) is -1.27. The van der Waals surface area contributed by atoms with E-state index in [0.717, 1.165) is 10.0 Å². The molecule has 9 heteroatoms. The first-order valence-corrected chi connectivity index (χ1v) is 11.1. The van der Waals surface area contributed by atoms with Crippen molar-refractivity contribution in [1.82, 2.24) is 10.6 Å². The van der Waals surface area contributed by atoms with Crippen LogP contribution in [0.15, 0.2) is 69.2 Å². The predicted octanol–water partition coefficient (Wildman–Crippen LogP) is 3.01. The highest BCUT2D eigenvalue weighted by Crippen LogP contribution is 2.29. The average molecular weight is 479 g/mol. The third-order valence-electron chi connectivity index (χ3n) is 4.48. The summed E-state index contributed by atoms with van der Waals surface area (Å²) in [5.41, 5.74) is 1.70. The fourth-order valence-electron chi connectivity index (χ4n) is 3.01. The van der Waals surface area contributed by atoms with Gasteiger partial charge in [-0.05, 0) is 36.8 Å². The highest BCUT2D eigenvalue weighted by Gasteiger charge is 2.35. The molecule has 1 atom stereocenters. The van der Waals surface area contributed by atoms with Crippen molar-refractivity contribution in [3.63, 3.8) is 0 Å². The van der Waals surface area contributed by atoms with Gasteiger partial charge in [0, 0.05) is 10.2 Å². The molecule has 1 heterocycles. The Bertz CT molecular complexity index is 1080. The number of amides is 2. The molecule has 3 rings (SSSR count). The molecule has 0 aromatic heterocycles. The molecule has 0 saturated carbocycles. The Kier molecular flexibility index (Phi) is 6.09. The van der Waals surface area contributed by atoms with E-state index in [9.17, 15) is 18.0 Å². The summed E-state index contributed by atoms with van der Waals surface area (Å²) in [4.78, 5) is 24.8. The molecule has 0 saturated heterocycles. The van der Waals surface area contributed by atoms with Crippen LogP contribution in [0.5, 0.6) is 0 Å². The van der Waals surface area contributed by atoms with Gasteiger partial charge in [0.2, 0.25) is 0 Å². The highest BCUT2D eigenvalue weighted by atomic mass is 79.9. The van der Waals surface area contributed by atoms with E-state index < -0.39 is 33.6 Å². The normalized spacial score (nSPS) is 16.8. The first kappa shape index (κ1) is 21.1. The molecule has 1 aliphatic rings. The third-order valence-corrected chi connectivity index (χ3v) is 6.66. The van der Waals surface area contributed by atoms with Crippen LogP contribution in [-0.4, -0.2) is 33.3 Å². The van der Waals surface area contributed by atoms with E-state index in [1.165, 1.54) is 19.2 Å². The van der Waals surface area contributed by atoms with Gasteiger partial charge in [0.15, 0.2) is 9.84 Å². The SMILES string of the molecule is COC(=O)C1=C(CS(=O)(=O)c2ccc(Br)cc2)NC(=O)NC1c1ccc(C)cc1. The van der Waals surface area contributed by atoms with Gasteiger partial charge in [0.25, 0.3) is 0 Å². The molecule has 2 amide bonds. The summed E-state index contributed by atoms with van der Waals surface area (Å²) in [5, 5.41) is 5.14. The summed E-state index contributed by atoms with van der Waals surface area (Å²) in [7, 11) is -2.61. The number of hydrogen-bond donors (Lipinski definition) is 2. The topological polar surface area (TPSA) is 102 Å². The Hall–Kier alpha value is -2.65. The summed E-state index contributed by atoms with van der Waals surface area (Å²) >= 11 is 3.26. The van der Waals surface area contributed by atoms with Crippen molar-refractivity contribution in [3.05, 3.63) is 75.4 Å². The van der Waals surface area contributed by atoms with Crippen molar-refractivity contribution in [2.24, 2.45) is 0 Å². The van der Waals surface area contributed by atoms with E-state index >= 15 is 0 Å². The lowest BCUT2D eigenvalue weighted by atomic mass is 9.95. The average Bonchev–Trinajstić information content (AvgIpc) is 2.67. The van der Waals surface area contributed by atoms with Crippen LogP contribution in [0.2, 0.25) is 0 Å². The first-order valence-electron chi connectivity index (χ1n) is 8.65. The molecule has 0 radical (unpaired) electrons. The molecule has 7 nitrogen and oxygen atoms in total. The van der Waals surface area contributed by atoms with Crippen molar-refractivity contribution in [2.45, 2.75) is 17.9 Å². The zero-order valence-electron chi connectivity index (χ0n) is 15.7. The molecule has 2 aromatic rings. The van der Waals surface area contributed by atoms with E-state index in [1.807, 2.05) is 19.1 Å². The number of aryl methyl sites for hydroxylation is 1. The lowest BCUT2D eigenvalue weighted by Crippen LogP contribution is -2.47. The third kappa shape index (κ3) is 4.68. The maximum absolute atomic E-state index is 12.9. The smallest absolute Gasteiger partial charge is 0.338 e. The minimum atomic E-state index is -3.82. The van der Waals surface area contributed by atoms with Crippen molar-refractivity contribution >= 4 is 37.8 Å². The lowest BCUT2D eigenvalue weighted by molar-refractivity contribution is -0.136. The molecule has 29 heavy (non-hydrogen) atoms. The number of carbonyl (C=O) groups excluding carboxylic acids is 2. The summed E-state index contributed by atoms with van der Waals surface area (Å²) in [6.45, 7) is 1.91. The minimum Gasteiger partial charge on any atom is -0.466 e. The number of sulfone groups is 1. The molecule has 152 valence electrons. The molecular weight excluding hydrogens is 460 g/mol. The zero-order valence-corrected chi connectivity index (χ0v) is 18.1. The number of ether oxygens (including phenoxy) is 1. The number of urea groups is 1. The molecule has 0 fully saturated rings. The largest absolute Gasteiger partial charge is 0.466 e. The van der Waals surface area contributed by atoms with Crippen LogP contribution >= 0.6 is 15.9 Å². The van der Waals surface area contributed by atoms with E-state index in [0.29, 0.717) is 5.56 Å². The summed E-state index contributed by atoms with van der Waals surface area (Å²) in [6, 6.07) is 11.9. The van der Waals surface area contributed by atoms with Gasteiger partial charge in [0.1, 0.15) is 0 Å². The molecule has 2 N–H and O–H groups in total. The fraction of sp³-hybridized carbons (Fsp3) is 0.200. The van der Waals surface area contributed by atoms with E-state index in [1.54, 1.807) is 24.3 Å².